The Hall–Kier alpha value is -0.870. The molecule has 0 radical (unpaired) electrons. The predicted molar refractivity (Wildman–Crippen MR) is 55.3 cm³/mol. The molecule has 0 spiro atoms. The van der Waals surface area contributed by atoms with Gasteiger partial charge in [-0.3, -0.25) is 0 Å². The van der Waals surface area contributed by atoms with E-state index in [0.29, 0.717) is 12.0 Å². The van der Waals surface area contributed by atoms with E-state index < -0.39 is 5.97 Å². The lowest BCUT2D eigenvalue weighted by Crippen LogP contribution is -2.44. The fourth-order valence-electron chi connectivity index (χ4n) is 1.47. The molecule has 4 nitrogen and oxygen atoms in total. The van der Waals surface area contributed by atoms with Crippen LogP contribution in [0.4, 0.5) is 0 Å². The normalized spacial score (nSPS) is 19.5. The molecule has 1 saturated heterocycles. The van der Waals surface area contributed by atoms with Gasteiger partial charge in [-0.2, -0.15) is 0 Å². The van der Waals surface area contributed by atoms with Gasteiger partial charge in [0.05, 0.1) is 0 Å². The van der Waals surface area contributed by atoms with Crippen LogP contribution in [0, 0.1) is 0 Å². The molecule has 0 unspecified atom stereocenters. The van der Waals surface area contributed by atoms with Crippen LogP contribution in [-0.4, -0.2) is 60.6 Å². The summed E-state index contributed by atoms with van der Waals surface area (Å²) in [4.78, 5) is 15.1. The molecule has 1 aliphatic heterocycles. The minimum Gasteiger partial charge on any atom is -0.478 e. The van der Waals surface area contributed by atoms with Crippen LogP contribution in [0.2, 0.25) is 0 Å². The Bertz CT molecular complexity index is 220. The zero-order chi connectivity index (χ0) is 10.6. The highest BCUT2D eigenvalue weighted by atomic mass is 16.4. The van der Waals surface area contributed by atoms with Gasteiger partial charge in [-0.15, -0.1) is 0 Å². The van der Waals surface area contributed by atoms with Crippen LogP contribution in [0.3, 0.4) is 0 Å². The minimum atomic E-state index is -0.876. The number of carboxylic acids is 1. The highest BCUT2D eigenvalue weighted by molar-refractivity contribution is 5.85. The Kier molecular flexibility index (Phi) is 4.10. The first-order valence-corrected chi connectivity index (χ1v) is 4.91. The first-order valence-electron chi connectivity index (χ1n) is 4.91. The Morgan fingerprint density at radius 3 is 2.43 bits per heavy atom. The van der Waals surface area contributed by atoms with Gasteiger partial charge in [0.2, 0.25) is 0 Å². The largest absolute Gasteiger partial charge is 0.478 e. The number of carbonyl (C=O) groups is 1. The van der Waals surface area contributed by atoms with Gasteiger partial charge in [0.1, 0.15) is 0 Å². The van der Waals surface area contributed by atoms with Gasteiger partial charge in [0, 0.05) is 38.3 Å². The molecule has 0 aromatic rings. The van der Waals surface area contributed by atoms with Crippen molar-refractivity contribution in [2.75, 3.05) is 39.8 Å². The number of hydrogen-bond donors (Lipinski definition) is 1. The topological polar surface area (TPSA) is 43.8 Å². The van der Waals surface area contributed by atoms with Crippen molar-refractivity contribution in [3.05, 3.63) is 12.2 Å². The molecule has 1 rings (SSSR count). The molecule has 0 atom stereocenters. The fourth-order valence-corrected chi connectivity index (χ4v) is 1.47. The van der Waals surface area contributed by atoms with Crippen LogP contribution < -0.4 is 0 Å². The number of carboxylic acid groups (broad SMARTS) is 1. The quantitative estimate of drug-likeness (QED) is 0.658. The minimum absolute atomic E-state index is 0.309. The van der Waals surface area contributed by atoms with Gasteiger partial charge in [-0.25, -0.2) is 4.79 Å². The van der Waals surface area contributed by atoms with Crippen LogP contribution in [0.5, 0.6) is 0 Å². The maximum Gasteiger partial charge on any atom is 0.331 e. The van der Waals surface area contributed by atoms with E-state index in [9.17, 15) is 4.79 Å². The summed E-state index contributed by atoms with van der Waals surface area (Å²) in [5, 5.41) is 8.63. The second-order valence-corrected chi connectivity index (χ2v) is 3.80. The van der Waals surface area contributed by atoms with Crippen molar-refractivity contribution in [2.45, 2.75) is 6.42 Å². The Balaban J connectivity index is 2.19. The van der Waals surface area contributed by atoms with Gasteiger partial charge < -0.3 is 14.9 Å². The number of aliphatic carboxylic acids is 1. The monoisotopic (exact) mass is 198 g/mol. The third-order valence-corrected chi connectivity index (χ3v) is 2.63. The molecule has 0 amide bonds. The Morgan fingerprint density at radius 2 is 1.93 bits per heavy atom. The lowest BCUT2D eigenvalue weighted by Gasteiger charge is -2.32. The third-order valence-electron chi connectivity index (χ3n) is 2.63. The summed E-state index contributed by atoms with van der Waals surface area (Å²) >= 11 is 0. The second-order valence-electron chi connectivity index (χ2n) is 3.80. The molecule has 0 aliphatic carbocycles. The summed E-state index contributed by atoms with van der Waals surface area (Å²) in [6.45, 7) is 8.54. The van der Waals surface area contributed by atoms with Crippen LogP contribution in [0.15, 0.2) is 12.2 Å². The molecule has 0 bridgehead atoms. The Labute approximate surface area is 84.8 Å². The summed E-state index contributed by atoms with van der Waals surface area (Å²) < 4.78 is 0. The van der Waals surface area contributed by atoms with Gasteiger partial charge in [-0.1, -0.05) is 6.58 Å². The first kappa shape index (κ1) is 11.2. The van der Waals surface area contributed by atoms with Crippen LogP contribution >= 0.6 is 0 Å². The Morgan fingerprint density at radius 1 is 1.36 bits per heavy atom. The molecular formula is C10H18N2O2. The highest BCUT2D eigenvalue weighted by Gasteiger charge is 2.14. The van der Waals surface area contributed by atoms with Crippen molar-refractivity contribution in [2.24, 2.45) is 0 Å². The van der Waals surface area contributed by atoms with Crippen LogP contribution in [0.25, 0.3) is 0 Å². The number of rotatable bonds is 4. The van der Waals surface area contributed by atoms with Gasteiger partial charge in [0.25, 0.3) is 0 Å². The smallest absolute Gasteiger partial charge is 0.331 e. The summed E-state index contributed by atoms with van der Waals surface area (Å²) in [5.41, 5.74) is 0.309. The lowest BCUT2D eigenvalue weighted by molar-refractivity contribution is -0.132. The molecule has 1 N–H and O–H groups in total. The average Bonchev–Trinajstić information content (AvgIpc) is 2.16. The highest BCUT2D eigenvalue weighted by Crippen LogP contribution is 2.04. The SMILES string of the molecule is C=C(CCN1CCN(C)CC1)C(=O)O. The molecule has 0 aromatic carbocycles. The van der Waals surface area contributed by atoms with E-state index in [-0.39, 0.29) is 0 Å². The van der Waals surface area contributed by atoms with Gasteiger partial charge in [0.15, 0.2) is 0 Å². The zero-order valence-corrected chi connectivity index (χ0v) is 8.70. The van der Waals surface area contributed by atoms with E-state index in [1.165, 1.54) is 0 Å². The van der Waals surface area contributed by atoms with E-state index in [2.05, 4.69) is 23.4 Å². The van der Waals surface area contributed by atoms with Gasteiger partial charge >= 0.3 is 5.97 Å². The average molecular weight is 198 g/mol. The molecule has 1 aliphatic rings. The van der Waals surface area contributed by atoms with Crippen molar-refractivity contribution >= 4 is 5.97 Å². The predicted octanol–water partition coefficient (Wildman–Crippen LogP) is 0.265. The maximum absolute atomic E-state index is 10.5. The lowest BCUT2D eigenvalue weighted by atomic mass is 10.2. The fraction of sp³-hybridized carbons (Fsp3) is 0.700. The van der Waals surface area contributed by atoms with E-state index in [1.807, 2.05) is 0 Å². The van der Waals surface area contributed by atoms with Crippen molar-refractivity contribution in [3.63, 3.8) is 0 Å². The number of hydrogen-bond acceptors (Lipinski definition) is 3. The van der Waals surface area contributed by atoms with Crippen LogP contribution in [-0.2, 0) is 4.79 Å². The van der Waals surface area contributed by atoms with Crippen molar-refractivity contribution in [1.82, 2.24) is 9.80 Å². The summed E-state index contributed by atoms with van der Waals surface area (Å²) in [6.07, 6.45) is 0.568. The van der Waals surface area contributed by atoms with E-state index >= 15 is 0 Å². The summed E-state index contributed by atoms with van der Waals surface area (Å²) in [6, 6.07) is 0. The number of nitrogens with zero attached hydrogens (tertiary/aromatic N) is 2. The molecule has 0 saturated carbocycles. The number of piperazine rings is 1. The molecule has 1 fully saturated rings. The first-order chi connectivity index (χ1) is 6.59. The second kappa shape index (κ2) is 5.12. The van der Waals surface area contributed by atoms with Crippen molar-refractivity contribution in [3.8, 4) is 0 Å². The molecule has 0 aromatic heterocycles. The van der Waals surface area contributed by atoms with Gasteiger partial charge in [-0.05, 0) is 13.5 Å². The molecular weight excluding hydrogens is 180 g/mol. The van der Waals surface area contributed by atoms with Crippen molar-refractivity contribution in [1.29, 1.82) is 0 Å². The van der Waals surface area contributed by atoms with E-state index in [0.717, 1.165) is 32.7 Å². The molecule has 1 heterocycles. The summed E-state index contributed by atoms with van der Waals surface area (Å²) in [5.74, 6) is -0.876. The molecule has 80 valence electrons. The molecule has 4 heteroatoms. The third kappa shape index (κ3) is 3.47. The molecule has 14 heavy (non-hydrogen) atoms. The summed E-state index contributed by atoms with van der Waals surface area (Å²) in [7, 11) is 2.10. The maximum atomic E-state index is 10.5. The zero-order valence-electron chi connectivity index (χ0n) is 8.70. The van der Waals surface area contributed by atoms with Crippen LogP contribution in [0.1, 0.15) is 6.42 Å². The van der Waals surface area contributed by atoms with Crippen molar-refractivity contribution < 1.29 is 9.90 Å². The van der Waals surface area contributed by atoms with E-state index in [4.69, 9.17) is 5.11 Å². The number of likely N-dealkylation sites (N-methyl/N-ethyl adjacent to an activating group) is 1. The standard InChI is InChI=1S/C10H18N2O2/c1-9(10(13)14)3-4-12-7-5-11(2)6-8-12/h1,3-8H2,2H3,(H,13,14). The van der Waals surface area contributed by atoms with E-state index in [1.54, 1.807) is 0 Å².